The van der Waals surface area contributed by atoms with Crippen LogP contribution in [0.1, 0.15) is 53.6 Å². The van der Waals surface area contributed by atoms with E-state index in [9.17, 15) is 9.90 Å². The molecule has 1 atom stereocenters. The fraction of sp³-hybridized carbons (Fsp3) is 0.300. The molecule has 0 aromatic heterocycles. The summed E-state index contributed by atoms with van der Waals surface area (Å²) in [5, 5.41) is 11.0. The van der Waals surface area contributed by atoms with Gasteiger partial charge in [0, 0.05) is 12.1 Å². The van der Waals surface area contributed by atoms with Crippen LogP contribution in [-0.4, -0.2) is 36.7 Å². The zero-order valence-corrected chi connectivity index (χ0v) is 21.0. The van der Waals surface area contributed by atoms with E-state index in [1.54, 1.807) is 19.1 Å². The van der Waals surface area contributed by atoms with Gasteiger partial charge in [-0.1, -0.05) is 74.0 Å². The summed E-state index contributed by atoms with van der Waals surface area (Å²) in [5.74, 6) is 1.20. The maximum absolute atomic E-state index is 13.3. The molecular weight excluding hydrogens is 438 g/mol. The third kappa shape index (κ3) is 4.90. The monoisotopic (exact) mass is 471 g/mol. The molecule has 5 heteroatoms. The van der Waals surface area contributed by atoms with Crippen molar-refractivity contribution in [2.75, 3.05) is 20.8 Å². The highest BCUT2D eigenvalue weighted by molar-refractivity contribution is 6.05. The molecule has 1 aliphatic rings. The number of nitrogens with zero attached hydrogens (tertiary/aromatic N) is 1. The van der Waals surface area contributed by atoms with E-state index in [0.717, 1.165) is 22.3 Å². The first-order valence-corrected chi connectivity index (χ1v) is 12.0. The maximum atomic E-state index is 13.3. The number of rotatable bonds is 8. The summed E-state index contributed by atoms with van der Waals surface area (Å²) in [6, 6.07) is 21.7. The largest absolute Gasteiger partial charge is 0.503 e. The zero-order chi connectivity index (χ0) is 25.1. The number of carbonyl (C=O) groups excluding carboxylic acids is 1. The number of hydrogen-bond acceptors (Lipinski definition) is 4. The number of amides is 1. The highest BCUT2D eigenvalue weighted by atomic mass is 16.5. The van der Waals surface area contributed by atoms with Crippen molar-refractivity contribution >= 4 is 11.5 Å². The Morgan fingerprint density at radius 3 is 2.17 bits per heavy atom. The number of benzene rings is 3. The van der Waals surface area contributed by atoms with Crippen molar-refractivity contribution in [1.82, 2.24) is 4.90 Å². The molecule has 0 saturated carbocycles. The molecule has 0 unspecified atom stereocenters. The van der Waals surface area contributed by atoms with E-state index in [1.165, 1.54) is 5.56 Å². The van der Waals surface area contributed by atoms with Crippen LogP contribution in [0.25, 0.3) is 5.57 Å². The summed E-state index contributed by atoms with van der Waals surface area (Å²) in [4.78, 5) is 15.1. The predicted octanol–water partition coefficient (Wildman–Crippen LogP) is 6.23. The Morgan fingerprint density at radius 2 is 1.57 bits per heavy atom. The second-order valence-electron chi connectivity index (χ2n) is 9.29. The molecule has 0 bridgehead atoms. The summed E-state index contributed by atoms with van der Waals surface area (Å²) in [6.45, 7) is 6.79. The van der Waals surface area contributed by atoms with Crippen LogP contribution in [0.2, 0.25) is 0 Å². The minimum absolute atomic E-state index is 0.181. The number of aliphatic hydroxyl groups excluding tert-OH is 1. The Hall–Kier alpha value is -3.73. The van der Waals surface area contributed by atoms with Gasteiger partial charge in [0.1, 0.15) is 0 Å². The van der Waals surface area contributed by atoms with Gasteiger partial charge in [0.2, 0.25) is 0 Å². The van der Waals surface area contributed by atoms with E-state index >= 15 is 0 Å². The first-order chi connectivity index (χ1) is 16.8. The lowest BCUT2D eigenvalue weighted by Crippen LogP contribution is -2.32. The van der Waals surface area contributed by atoms with Gasteiger partial charge in [-0.3, -0.25) is 4.79 Å². The molecule has 3 aromatic carbocycles. The van der Waals surface area contributed by atoms with Crippen LogP contribution in [0, 0.1) is 6.92 Å². The number of carbonyl (C=O) groups is 1. The van der Waals surface area contributed by atoms with Crippen molar-refractivity contribution in [3.05, 3.63) is 100 Å². The molecule has 5 nitrogen and oxygen atoms in total. The van der Waals surface area contributed by atoms with Crippen LogP contribution in [-0.2, 0) is 11.2 Å². The van der Waals surface area contributed by atoms with E-state index in [4.69, 9.17) is 9.47 Å². The van der Waals surface area contributed by atoms with Gasteiger partial charge in [-0.25, -0.2) is 0 Å². The molecule has 3 aromatic rings. The number of aliphatic hydroxyl groups is 1. The van der Waals surface area contributed by atoms with Crippen molar-refractivity contribution in [2.24, 2.45) is 0 Å². The number of methoxy groups -OCH3 is 2. The minimum atomic E-state index is -0.369. The van der Waals surface area contributed by atoms with Crippen LogP contribution in [0.3, 0.4) is 0 Å². The molecule has 1 N–H and O–H groups in total. The summed E-state index contributed by atoms with van der Waals surface area (Å²) < 4.78 is 10.8. The highest BCUT2D eigenvalue weighted by Crippen LogP contribution is 2.43. The summed E-state index contributed by atoms with van der Waals surface area (Å²) >= 11 is 0. The summed E-state index contributed by atoms with van der Waals surface area (Å²) in [5.41, 5.74) is 5.87. The second kappa shape index (κ2) is 10.3. The lowest BCUT2D eigenvalue weighted by Gasteiger charge is -2.28. The van der Waals surface area contributed by atoms with Crippen LogP contribution in [0.4, 0.5) is 0 Å². The molecule has 0 saturated heterocycles. The van der Waals surface area contributed by atoms with E-state index < -0.39 is 0 Å². The molecule has 4 rings (SSSR count). The molecule has 35 heavy (non-hydrogen) atoms. The highest BCUT2D eigenvalue weighted by Gasteiger charge is 2.40. The van der Waals surface area contributed by atoms with Crippen LogP contribution < -0.4 is 9.47 Å². The van der Waals surface area contributed by atoms with Crippen molar-refractivity contribution in [3.63, 3.8) is 0 Å². The molecular formula is C30H33NO4. The van der Waals surface area contributed by atoms with Gasteiger partial charge in [-0.05, 0) is 53.6 Å². The average Bonchev–Trinajstić information content (AvgIpc) is 3.12. The fourth-order valence-corrected chi connectivity index (χ4v) is 4.61. The van der Waals surface area contributed by atoms with E-state index in [1.807, 2.05) is 49.4 Å². The standard InChI is InChI=1S/C30H33NO4/c1-19(2)22-11-13-24(14-12-22)28-27(23-9-6-20(3)7-10-23)29(32)30(33)31(28)17-16-21-8-15-25(34-4)26(18-21)35-5/h6-15,18-19,28,32H,16-17H2,1-5H3/t28-/m0/s1. The van der Waals surface area contributed by atoms with E-state index in [-0.39, 0.29) is 17.7 Å². The minimum Gasteiger partial charge on any atom is -0.503 e. The second-order valence-corrected chi connectivity index (χ2v) is 9.29. The van der Waals surface area contributed by atoms with Gasteiger partial charge in [0.05, 0.1) is 20.3 Å². The van der Waals surface area contributed by atoms with Crippen molar-refractivity contribution < 1.29 is 19.4 Å². The molecule has 1 aliphatic heterocycles. The Morgan fingerprint density at radius 1 is 0.914 bits per heavy atom. The fourth-order valence-electron chi connectivity index (χ4n) is 4.61. The van der Waals surface area contributed by atoms with Crippen molar-refractivity contribution in [3.8, 4) is 11.5 Å². The Balaban J connectivity index is 1.70. The van der Waals surface area contributed by atoms with E-state index in [0.29, 0.717) is 36.0 Å². The number of ether oxygens (including phenoxy) is 2. The number of hydrogen-bond donors (Lipinski definition) is 1. The van der Waals surface area contributed by atoms with Crippen molar-refractivity contribution in [2.45, 2.75) is 39.2 Å². The van der Waals surface area contributed by atoms with Crippen LogP contribution >= 0.6 is 0 Å². The molecule has 0 spiro atoms. The topological polar surface area (TPSA) is 59.0 Å². The lowest BCUT2D eigenvalue weighted by molar-refractivity contribution is -0.129. The van der Waals surface area contributed by atoms with Gasteiger partial charge in [0.15, 0.2) is 17.3 Å². The SMILES string of the molecule is COc1ccc(CCN2C(=O)C(O)=C(c3ccc(C)cc3)[C@@H]2c2ccc(C(C)C)cc2)cc1OC. The lowest BCUT2D eigenvalue weighted by atomic mass is 9.91. The molecule has 0 radical (unpaired) electrons. The third-order valence-corrected chi connectivity index (χ3v) is 6.67. The summed E-state index contributed by atoms with van der Waals surface area (Å²) in [6.07, 6.45) is 0.612. The average molecular weight is 472 g/mol. The van der Waals surface area contributed by atoms with Gasteiger partial charge in [0.25, 0.3) is 5.91 Å². The van der Waals surface area contributed by atoms with Crippen LogP contribution in [0.15, 0.2) is 72.5 Å². The molecule has 0 aliphatic carbocycles. The Bertz CT molecular complexity index is 1230. The number of aryl methyl sites for hydroxylation is 1. The Kier molecular flexibility index (Phi) is 7.15. The summed E-state index contributed by atoms with van der Waals surface area (Å²) in [7, 11) is 3.22. The van der Waals surface area contributed by atoms with Gasteiger partial charge >= 0.3 is 0 Å². The molecule has 182 valence electrons. The van der Waals surface area contributed by atoms with Crippen molar-refractivity contribution in [1.29, 1.82) is 0 Å². The smallest absolute Gasteiger partial charge is 0.289 e. The van der Waals surface area contributed by atoms with Crippen LogP contribution in [0.5, 0.6) is 11.5 Å². The predicted molar refractivity (Wildman–Crippen MR) is 139 cm³/mol. The molecule has 1 heterocycles. The zero-order valence-electron chi connectivity index (χ0n) is 21.0. The van der Waals surface area contributed by atoms with Gasteiger partial charge < -0.3 is 19.5 Å². The Labute approximate surface area is 207 Å². The maximum Gasteiger partial charge on any atom is 0.289 e. The van der Waals surface area contributed by atoms with Gasteiger partial charge in [-0.15, -0.1) is 0 Å². The molecule has 0 fully saturated rings. The normalized spacial score (nSPS) is 15.8. The molecule has 1 amide bonds. The van der Waals surface area contributed by atoms with E-state index in [2.05, 4.69) is 38.1 Å². The van der Waals surface area contributed by atoms with Gasteiger partial charge in [-0.2, -0.15) is 0 Å². The third-order valence-electron chi connectivity index (χ3n) is 6.67. The first-order valence-electron chi connectivity index (χ1n) is 12.0. The quantitative estimate of drug-likeness (QED) is 0.423. The first kappa shape index (κ1) is 24.4.